The Labute approximate surface area is 111 Å². The van der Waals surface area contributed by atoms with Crippen LogP contribution < -0.4 is 0 Å². The molecule has 3 rings (SSSR count). The molecule has 0 unspecified atom stereocenters. The van der Waals surface area contributed by atoms with Crippen LogP contribution in [0.4, 0.5) is 0 Å². The van der Waals surface area contributed by atoms with Crippen LogP contribution >= 0.6 is 0 Å². The number of ether oxygens (including phenoxy) is 1. The minimum Gasteiger partial charge on any atom is -0.342 e. The first kappa shape index (κ1) is 12.5. The molecule has 4 heteroatoms. The summed E-state index contributed by atoms with van der Waals surface area (Å²) in [5, 5.41) is 0. The molecule has 19 heavy (non-hydrogen) atoms. The van der Waals surface area contributed by atoms with Crippen LogP contribution in [0.15, 0.2) is 42.5 Å². The van der Waals surface area contributed by atoms with Gasteiger partial charge < -0.3 is 4.74 Å². The highest BCUT2D eigenvalue weighted by Crippen LogP contribution is 2.33. The van der Waals surface area contributed by atoms with E-state index in [1.807, 2.05) is 37.3 Å². The molecular weight excluding hydrogens is 244 g/mol. The van der Waals surface area contributed by atoms with Gasteiger partial charge >= 0.3 is 0 Å². The zero-order valence-electron chi connectivity index (χ0n) is 10.7. The molecule has 1 saturated heterocycles. The number of fused-ring (bicyclic) bond motifs is 1. The number of rotatable bonds is 2. The van der Waals surface area contributed by atoms with E-state index in [-0.39, 0.29) is 11.9 Å². The van der Waals surface area contributed by atoms with Crippen LogP contribution in [-0.2, 0) is 25.7 Å². The smallest absolute Gasteiger partial charge is 0.195 e. The minimum absolute atomic E-state index is 0.0615. The SMILES string of the molecule is C[C@@]12C=CC(=O)C[C@@H]1O[C@H](Cc1ccccc1)OO2. The van der Waals surface area contributed by atoms with Gasteiger partial charge in [0.25, 0.3) is 0 Å². The maximum Gasteiger partial charge on any atom is 0.195 e. The molecule has 2 aliphatic rings. The molecular formula is C15H16O4. The zero-order valence-corrected chi connectivity index (χ0v) is 10.7. The van der Waals surface area contributed by atoms with Gasteiger partial charge in [0.2, 0.25) is 0 Å². The molecule has 1 aliphatic heterocycles. The van der Waals surface area contributed by atoms with E-state index in [2.05, 4.69) is 0 Å². The van der Waals surface area contributed by atoms with Gasteiger partial charge in [0.05, 0.1) is 0 Å². The Morgan fingerprint density at radius 2 is 2.11 bits per heavy atom. The summed E-state index contributed by atoms with van der Waals surface area (Å²) in [6.07, 6.45) is 3.42. The number of carbonyl (C=O) groups excluding carboxylic acids is 1. The summed E-state index contributed by atoms with van der Waals surface area (Å²) in [5.41, 5.74) is 0.443. The molecule has 0 N–H and O–H groups in total. The van der Waals surface area contributed by atoms with Crippen LogP contribution in [0.1, 0.15) is 18.9 Å². The molecule has 0 amide bonds. The maximum absolute atomic E-state index is 11.5. The molecule has 0 saturated carbocycles. The van der Waals surface area contributed by atoms with Gasteiger partial charge in [0, 0.05) is 12.8 Å². The van der Waals surface area contributed by atoms with Gasteiger partial charge in [0.15, 0.2) is 12.1 Å². The second-order valence-corrected chi connectivity index (χ2v) is 5.11. The second-order valence-electron chi connectivity index (χ2n) is 5.11. The number of ketones is 1. The van der Waals surface area contributed by atoms with Gasteiger partial charge in [-0.1, -0.05) is 30.3 Å². The third kappa shape index (κ3) is 2.61. The summed E-state index contributed by atoms with van der Waals surface area (Å²) in [4.78, 5) is 22.2. The predicted molar refractivity (Wildman–Crippen MR) is 68.1 cm³/mol. The highest BCUT2D eigenvalue weighted by atomic mass is 17.2. The second kappa shape index (κ2) is 4.89. The summed E-state index contributed by atoms with van der Waals surface area (Å²) < 4.78 is 5.85. The highest BCUT2D eigenvalue weighted by Gasteiger charge is 2.45. The lowest BCUT2D eigenvalue weighted by Gasteiger charge is -2.42. The average molecular weight is 260 g/mol. The first-order valence-electron chi connectivity index (χ1n) is 6.42. The lowest BCUT2D eigenvalue weighted by molar-refractivity contribution is -0.474. The summed E-state index contributed by atoms with van der Waals surface area (Å²) >= 11 is 0. The number of allylic oxidation sites excluding steroid dienone is 1. The summed E-state index contributed by atoms with van der Waals surface area (Å²) in [6, 6.07) is 9.91. The molecule has 1 heterocycles. The number of hydrogen-bond donors (Lipinski definition) is 0. The first-order valence-corrected chi connectivity index (χ1v) is 6.42. The third-order valence-electron chi connectivity index (χ3n) is 3.52. The molecule has 100 valence electrons. The van der Waals surface area contributed by atoms with Crippen LogP contribution in [0.25, 0.3) is 0 Å². The third-order valence-corrected chi connectivity index (χ3v) is 3.52. The Morgan fingerprint density at radius 1 is 1.32 bits per heavy atom. The average Bonchev–Trinajstić information content (AvgIpc) is 2.41. The Morgan fingerprint density at radius 3 is 2.89 bits per heavy atom. The van der Waals surface area contributed by atoms with E-state index in [4.69, 9.17) is 14.5 Å². The topological polar surface area (TPSA) is 44.8 Å². The molecule has 4 nitrogen and oxygen atoms in total. The van der Waals surface area contributed by atoms with Crippen molar-refractivity contribution in [1.82, 2.24) is 0 Å². The van der Waals surface area contributed by atoms with E-state index in [1.165, 1.54) is 6.08 Å². The zero-order chi connectivity index (χ0) is 13.3. The molecule has 0 aromatic heterocycles. The van der Waals surface area contributed by atoms with Gasteiger partial charge in [-0.15, -0.1) is 0 Å². The summed E-state index contributed by atoms with van der Waals surface area (Å²) in [5.74, 6) is 0.0615. The van der Waals surface area contributed by atoms with Gasteiger partial charge in [-0.05, 0) is 24.6 Å². The lowest BCUT2D eigenvalue weighted by atomic mass is 9.88. The standard InChI is InChI=1S/C15H16O4/c1-15-8-7-12(16)10-13(15)17-14(18-19-15)9-11-5-3-2-4-6-11/h2-8,13-14H,9-10H2,1H3/t13-,14-,15+/m0/s1. The molecule has 1 aromatic carbocycles. The fraction of sp³-hybridized carbons (Fsp3) is 0.400. The van der Waals surface area contributed by atoms with Crippen LogP contribution in [0.5, 0.6) is 0 Å². The number of benzene rings is 1. The van der Waals surface area contributed by atoms with Gasteiger partial charge in [-0.3, -0.25) is 4.79 Å². The number of carbonyl (C=O) groups is 1. The van der Waals surface area contributed by atoms with Crippen LogP contribution in [0, 0.1) is 0 Å². The normalized spacial score (nSPS) is 34.1. The largest absolute Gasteiger partial charge is 0.342 e. The fourth-order valence-electron chi connectivity index (χ4n) is 2.34. The van der Waals surface area contributed by atoms with Crippen LogP contribution in [0.3, 0.4) is 0 Å². The minimum atomic E-state index is -0.666. The van der Waals surface area contributed by atoms with Crippen molar-refractivity contribution in [1.29, 1.82) is 0 Å². The van der Waals surface area contributed by atoms with E-state index in [0.717, 1.165) is 5.56 Å². The van der Waals surface area contributed by atoms with Crippen molar-refractivity contribution in [3.63, 3.8) is 0 Å². The summed E-state index contributed by atoms with van der Waals surface area (Å²) in [7, 11) is 0. The molecule has 0 radical (unpaired) electrons. The van der Waals surface area contributed by atoms with Gasteiger partial charge in [-0.25, -0.2) is 9.78 Å². The highest BCUT2D eigenvalue weighted by molar-refractivity contribution is 5.91. The van der Waals surface area contributed by atoms with Crippen molar-refractivity contribution >= 4 is 5.78 Å². The quantitative estimate of drug-likeness (QED) is 0.765. The van der Waals surface area contributed by atoms with Crippen molar-refractivity contribution in [3.05, 3.63) is 48.0 Å². The first-order chi connectivity index (χ1) is 9.16. The maximum atomic E-state index is 11.5. The molecule has 1 aliphatic carbocycles. The predicted octanol–water partition coefficient (Wildman–Crippen LogP) is 2.19. The van der Waals surface area contributed by atoms with E-state index in [9.17, 15) is 4.79 Å². The van der Waals surface area contributed by atoms with Crippen molar-refractivity contribution in [2.75, 3.05) is 0 Å². The van der Waals surface area contributed by atoms with Crippen LogP contribution in [-0.4, -0.2) is 23.8 Å². The Hall–Kier alpha value is -1.49. The molecule has 0 spiro atoms. The fourth-order valence-corrected chi connectivity index (χ4v) is 2.34. The van der Waals surface area contributed by atoms with E-state index < -0.39 is 11.9 Å². The van der Waals surface area contributed by atoms with Gasteiger partial charge in [-0.2, -0.15) is 0 Å². The van der Waals surface area contributed by atoms with Crippen LogP contribution in [0.2, 0.25) is 0 Å². The Kier molecular flexibility index (Phi) is 3.22. The van der Waals surface area contributed by atoms with Crippen molar-refractivity contribution in [2.24, 2.45) is 0 Å². The van der Waals surface area contributed by atoms with Crippen molar-refractivity contribution in [2.45, 2.75) is 37.8 Å². The Bertz CT molecular complexity index is 496. The molecule has 3 atom stereocenters. The summed E-state index contributed by atoms with van der Waals surface area (Å²) in [6.45, 7) is 1.86. The number of hydrogen-bond acceptors (Lipinski definition) is 4. The molecule has 1 aromatic rings. The van der Waals surface area contributed by atoms with E-state index in [0.29, 0.717) is 12.8 Å². The van der Waals surface area contributed by atoms with E-state index in [1.54, 1.807) is 6.08 Å². The molecule has 0 bridgehead atoms. The molecule has 1 fully saturated rings. The van der Waals surface area contributed by atoms with E-state index >= 15 is 0 Å². The Balaban J connectivity index is 1.69. The van der Waals surface area contributed by atoms with Crippen molar-refractivity contribution in [3.8, 4) is 0 Å². The lowest BCUT2D eigenvalue weighted by Crippen LogP contribution is -2.52. The van der Waals surface area contributed by atoms with Crippen molar-refractivity contribution < 1.29 is 19.3 Å². The monoisotopic (exact) mass is 260 g/mol. The van der Waals surface area contributed by atoms with Gasteiger partial charge in [0.1, 0.15) is 11.7 Å².